The first kappa shape index (κ1) is 34.7. The number of hydrogen-bond acceptors (Lipinski definition) is 7. The van der Waals surface area contributed by atoms with Crippen molar-refractivity contribution in [3.05, 3.63) is 65.2 Å². The zero-order valence-corrected chi connectivity index (χ0v) is 30.4. The Morgan fingerprint density at radius 2 is 1.90 bits per heavy atom. The molecule has 0 unspecified atom stereocenters. The maximum absolute atomic E-state index is 15.6. The minimum atomic E-state index is -0.774. The van der Waals surface area contributed by atoms with Crippen LogP contribution in [0.5, 0.6) is 0 Å². The zero-order chi connectivity index (χ0) is 36.3. The van der Waals surface area contributed by atoms with E-state index in [1.165, 1.54) is 12.1 Å². The molecule has 8 rings (SSSR count). The molecule has 2 saturated heterocycles. The maximum Gasteiger partial charge on any atom is 0.251 e. The highest BCUT2D eigenvalue weighted by Crippen LogP contribution is 2.51. The van der Waals surface area contributed by atoms with E-state index in [-0.39, 0.29) is 35.6 Å². The number of rotatable bonds is 8. The molecule has 3 aliphatic heterocycles. The van der Waals surface area contributed by atoms with Gasteiger partial charge in [-0.3, -0.25) is 14.5 Å². The van der Waals surface area contributed by atoms with E-state index in [4.69, 9.17) is 9.97 Å². The molecule has 4 aromatic rings. The second-order valence-corrected chi connectivity index (χ2v) is 15.4. The number of imidazole rings is 1. The average Bonchev–Trinajstić information content (AvgIpc) is 3.64. The van der Waals surface area contributed by atoms with Crippen LogP contribution in [0.1, 0.15) is 86.8 Å². The Morgan fingerprint density at radius 1 is 1.12 bits per heavy atom. The highest BCUT2D eigenvalue weighted by molar-refractivity contribution is 6.09. The number of anilines is 3. The second kappa shape index (κ2) is 13.5. The summed E-state index contributed by atoms with van der Waals surface area (Å²) in [5.74, 6) is -0.177. The summed E-state index contributed by atoms with van der Waals surface area (Å²) in [6.07, 6.45) is 5.66. The average molecular weight is 711 g/mol. The molecule has 2 aromatic carbocycles. The summed E-state index contributed by atoms with van der Waals surface area (Å²) in [6, 6.07) is 11.5. The lowest BCUT2D eigenvalue weighted by atomic mass is 9.74. The first-order valence-corrected chi connectivity index (χ1v) is 18.9. The van der Waals surface area contributed by atoms with Gasteiger partial charge in [-0.05, 0) is 121 Å². The summed E-state index contributed by atoms with van der Waals surface area (Å²) in [5, 5.41) is 9.48. The summed E-state index contributed by atoms with van der Waals surface area (Å²) in [6.45, 7) is 11.1. The number of hydrogen-bond donors (Lipinski definition) is 3. The number of carbonyl (C=O) groups is 2. The number of nitrogens with one attached hydrogen (secondary N) is 3. The Kier molecular flexibility index (Phi) is 9.02. The van der Waals surface area contributed by atoms with Crippen molar-refractivity contribution in [2.24, 2.45) is 0 Å². The SMILES string of the molecule is CCNC(=O)c1cc(Nc2nc(-c3ccc4c(c3)N(C3CC(N5CCC[C@H](F)C5)C3)C(=O)C43CCNCC3)cc3ncn(C(C)C)c23)c(F)cc1C. The molecular weight excluding hydrogens is 662 g/mol. The quantitative estimate of drug-likeness (QED) is 0.190. The smallest absolute Gasteiger partial charge is 0.251 e. The van der Waals surface area contributed by atoms with E-state index in [0.717, 1.165) is 74.1 Å². The molecule has 1 aliphatic carbocycles. The summed E-state index contributed by atoms with van der Waals surface area (Å²) >= 11 is 0. The lowest BCUT2D eigenvalue weighted by Crippen LogP contribution is -2.59. The summed E-state index contributed by atoms with van der Waals surface area (Å²) in [4.78, 5) is 41.5. The molecule has 12 heteroatoms. The van der Waals surface area contributed by atoms with Gasteiger partial charge in [-0.25, -0.2) is 18.7 Å². The van der Waals surface area contributed by atoms with E-state index in [0.29, 0.717) is 47.7 Å². The molecule has 1 saturated carbocycles. The number of aromatic nitrogens is 3. The fraction of sp³-hybridized carbons (Fsp3) is 0.500. The summed E-state index contributed by atoms with van der Waals surface area (Å²) in [7, 11) is 0. The predicted octanol–water partition coefficient (Wildman–Crippen LogP) is 6.55. The predicted molar refractivity (Wildman–Crippen MR) is 200 cm³/mol. The van der Waals surface area contributed by atoms with Gasteiger partial charge in [-0.1, -0.05) is 12.1 Å². The molecule has 0 bridgehead atoms. The monoisotopic (exact) mass is 710 g/mol. The largest absolute Gasteiger partial charge is 0.352 e. The zero-order valence-electron chi connectivity index (χ0n) is 30.4. The van der Waals surface area contributed by atoms with Gasteiger partial charge in [0.05, 0.1) is 28.6 Å². The van der Waals surface area contributed by atoms with E-state index < -0.39 is 17.4 Å². The first-order valence-electron chi connectivity index (χ1n) is 18.9. The van der Waals surface area contributed by atoms with Gasteiger partial charge in [0.1, 0.15) is 17.5 Å². The van der Waals surface area contributed by atoms with Crippen molar-refractivity contribution in [3.8, 4) is 11.3 Å². The Labute approximate surface area is 303 Å². The Morgan fingerprint density at radius 3 is 2.63 bits per heavy atom. The minimum absolute atomic E-state index is 0.0544. The van der Waals surface area contributed by atoms with Crippen LogP contribution in [0.3, 0.4) is 0 Å². The van der Waals surface area contributed by atoms with Gasteiger partial charge < -0.3 is 25.4 Å². The van der Waals surface area contributed by atoms with Crippen molar-refractivity contribution in [1.82, 2.24) is 30.1 Å². The van der Waals surface area contributed by atoms with Crippen LogP contribution in [0.15, 0.2) is 42.7 Å². The third-order valence-corrected chi connectivity index (χ3v) is 11.8. The van der Waals surface area contributed by atoms with Crippen molar-refractivity contribution in [3.63, 3.8) is 0 Å². The lowest BCUT2D eigenvalue weighted by Gasteiger charge is -2.48. The second-order valence-electron chi connectivity index (χ2n) is 15.4. The standard InChI is InChI=1S/C40H48F2N8O2/c1-5-44-38(51)29-19-33(31(42)15-24(29)4)47-37-36-34(45-22-49(36)23(2)3)20-32(46-37)25-8-9-30-35(16-25)50(39(52)40(30)10-12-43-13-11-40)28-17-27(18-28)48-14-6-7-26(41)21-48/h8-9,15-16,19-20,22-23,26-28,43H,5-7,10-14,17-18,21H2,1-4H3,(H,44,51)(H,46,47)/t26-,27?,28?/m0/s1. The van der Waals surface area contributed by atoms with Crippen LogP contribution < -0.4 is 20.9 Å². The van der Waals surface area contributed by atoms with Crippen molar-refractivity contribution in [2.75, 3.05) is 42.9 Å². The van der Waals surface area contributed by atoms with Gasteiger partial charge >= 0.3 is 0 Å². The van der Waals surface area contributed by atoms with Crippen LogP contribution >= 0.6 is 0 Å². The number of aryl methyl sites for hydroxylation is 1. The molecule has 3 N–H and O–H groups in total. The van der Waals surface area contributed by atoms with Gasteiger partial charge in [0.15, 0.2) is 5.82 Å². The topological polar surface area (TPSA) is 107 Å². The van der Waals surface area contributed by atoms with Crippen molar-refractivity contribution < 1.29 is 18.4 Å². The normalized spacial score (nSPS) is 22.9. The number of carbonyl (C=O) groups excluding carboxylic acids is 2. The van der Waals surface area contributed by atoms with Crippen molar-refractivity contribution in [1.29, 1.82) is 0 Å². The van der Waals surface area contributed by atoms with E-state index in [1.54, 1.807) is 13.3 Å². The van der Waals surface area contributed by atoms with Crippen LogP contribution in [-0.4, -0.2) is 82.2 Å². The van der Waals surface area contributed by atoms with Crippen LogP contribution in [0.25, 0.3) is 22.3 Å². The molecule has 274 valence electrons. The fourth-order valence-corrected chi connectivity index (χ4v) is 8.88. The molecule has 52 heavy (non-hydrogen) atoms. The third kappa shape index (κ3) is 5.84. The molecule has 10 nitrogen and oxygen atoms in total. The molecule has 3 fully saturated rings. The highest BCUT2D eigenvalue weighted by Gasteiger charge is 2.55. The van der Waals surface area contributed by atoms with Crippen molar-refractivity contribution >= 4 is 40.0 Å². The molecule has 5 heterocycles. The van der Waals surface area contributed by atoms with Gasteiger partial charge in [0, 0.05) is 48.0 Å². The van der Waals surface area contributed by atoms with Crippen LogP contribution in [0, 0.1) is 12.7 Å². The van der Waals surface area contributed by atoms with Gasteiger partial charge in [-0.15, -0.1) is 0 Å². The van der Waals surface area contributed by atoms with Gasteiger partial charge in [-0.2, -0.15) is 0 Å². The number of nitrogens with zero attached hydrogens (tertiary/aromatic N) is 5. The molecule has 1 atom stereocenters. The van der Waals surface area contributed by atoms with Gasteiger partial charge in [0.25, 0.3) is 5.91 Å². The molecule has 4 aliphatic rings. The van der Waals surface area contributed by atoms with E-state index >= 15 is 4.39 Å². The van der Waals surface area contributed by atoms with Crippen LogP contribution in [0.2, 0.25) is 0 Å². The number of likely N-dealkylation sites (tertiary alicyclic amines) is 1. The van der Waals surface area contributed by atoms with Crippen molar-refractivity contribution in [2.45, 2.75) is 95.9 Å². The lowest BCUT2D eigenvalue weighted by molar-refractivity contribution is -0.125. The van der Waals surface area contributed by atoms with Gasteiger partial charge in [0.2, 0.25) is 5.91 Å². The number of amides is 2. The molecule has 2 amide bonds. The van der Waals surface area contributed by atoms with E-state index in [1.807, 2.05) is 42.4 Å². The number of fused-ring (bicyclic) bond motifs is 3. The summed E-state index contributed by atoms with van der Waals surface area (Å²) < 4.78 is 31.8. The number of halogens is 2. The number of pyridine rings is 1. The van der Waals surface area contributed by atoms with E-state index in [9.17, 15) is 14.0 Å². The molecule has 2 aromatic heterocycles. The fourth-order valence-electron chi connectivity index (χ4n) is 8.88. The molecule has 0 radical (unpaired) electrons. The highest BCUT2D eigenvalue weighted by atomic mass is 19.1. The van der Waals surface area contributed by atoms with Crippen LogP contribution in [-0.2, 0) is 10.2 Å². The third-order valence-electron chi connectivity index (χ3n) is 11.8. The molecule has 1 spiro atoms. The minimum Gasteiger partial charge on any atom is -0.352 e. The Bertz CT molecular complexity index is 2030. The molecular formula is C40H48F2N8O2. The van der Waals surface area contributed by atoms with Crippen LogP contribution in [0.4, 0.5) is 26.0 Å². The maximum atomic E-state index is 15.6. The Balaban J connectivity index is 1.19. The number of benzene rings is 2. The Hall–Kier alpha value is -4.42. The van der Waals surface area contributed by atoms with E-state index in [2.05, 4.69) is 33.0 Å². The number of alkyl halides is 1. The summed E-state index contributed by atoms with van der Waals surface area (Å²) in [5.41, 5.74) is 5.36. The number of piperidine rings is 2. The first-order chi connectivity index (χ1) is 25.1.